The topological polar surface area (TPSA) is 510 Å². The number of aromatic nitrogens is 1. The minimum absolute atomic E-state index is 0.108. The first kappa shape index (κ1) is 68.1. The summed E-state index contributed by atoms with van der Waals surface area (Å²) < 4.78 is 48.2. The van der Waals surface area contributed by atoms with E-state index >= 15 is 0 Å². The Morgan fingerprint density at radius 1 is 0.798 bits per heavy atom. The average Bonchev–Trinajstić information content (AvgIpc) is 1.84. The predicted molar refractivity (Wildman–Crippen MR) is 304 cm³/mol. The molecule has 8 amide bonds. The number of fused-ring (bicyclic) bond motifs is 2. The molecule has 1 aromatic heterocycles. The largest absolute Gasteiger partial charge is 0.504 e. The van der Waals surface area contributed by atoms with Crippen molar-refractivity contribution in [1.29, 1.82) is 0 Å². The number of nitrogens with zero attached hydrogens (tertiary/aromatic N) is 3. The van der Waals surface area contributed by atoms with Crippen molar-refractivity contribution in [3.8, 4) is 39.8 Å². The third-order valence-electron chi connectivity index (χ3n) is 15.2. The van der Waals surface area contributed by atoms with E-state index in [1.807, 2.05) is 16.7 Å². The molecule has 4 aromatic rings. The third-order valence-corrected chi connectivity index (χ3v) is 15.5. The first-order valence-electron chi connectivity index (χ1n) is 28.1. The number of ether oxygens (including phenoxy) is 1. The number of carbonyl (C=O) groups is 8. The minimum atomic E-state index is -5.35. The zero-order chi connectivity index (χ0) is 65.3. The van der Waals surface area contributed by atoms with Gasteiger partial charge in [0, 0.05) is 54.6 Å². The molecule has 4 heterocycles. The number of amides is 8. The van der Waals surface area contributed by atoms with E-state index in [0.29, 0.717) is 56.9 Å². The SMILES string of the molecule is CCCCCOc1cccc(-c2cc(-c3ccc(C(=O)N[C@H]4C[C@@H](O)C(O)NC(=O)[C@@H]5[C@@H](O)C(C)CN5C(=O)[C@H]([C@H](O)CC(N)=O)NC(=O)C([C@H](O)[C@@H](O)c5ccc(O)c(OS(=O)(=O)O)c5)NC(=O)[C@@H]5C[C@@H](O)CN5C(=O)C([C@@H](C)O)NC4=O)cc3)no2)c1. The van der Waals surface area contributed by atoms with E-state index in [0.717, 1.165) is 32.3 Å². The Morgan fingerprint density at radius 3 is 2.13 bits per heavy atom. The molecule has 0 spiro atoms. The van der Waals surface area contributed by atoms with Crippen LogP contribution in [0.3, 0.4) is 0 Å². The zero-order valence-corrected chi connectivity index (χ0v) is 48.9. The standard InChI is InChI=1S/C56H71N9O23S/c1-4-5-6-16-86-32-9-7-8-29(17-32)39-21-33(63-87-39)27-10-12-28(13-11-27)49(75)58-34-20-38(70)52(78)62-54(80)45-46(72)25(2)23-65(45)56(82)43(37(69)22-41(57)71)60-53(79)44(48(74)47(73)30-14-15-36(68)40(18-30)88-89(83,84)85)61-51(77)35-19-31(67)24-64(35)55(81)42(26(3)66)59-50(34)76/h7-15,17-18,21,25-26,31,34-35,37-38,42-48,52,66-70,72-74,78H,4-6,16,19-20,22-24H2,1-3H3,(H2,57,71)(H,58,75)(H,59,76)(H,60,79)(H,61,77)(H,62,80)(H,83,84,85)/t25?,26-,31-,34+,35+,37-,38-,42?,43+,44?,45+,46+,47+,48+,52?/m1/s1. The molecule has 3 aliphatic heterocycles. The van der Waals surface area contributed by atoms with Crippen molar-refractivity contribution in [3.63, 3.8) is 0 Å². The van der Waals surface area contributed by atoms with Crippen LogP contribution in [-0.2, 0) is 44.0 Å². The first-order valence-corrected chi connectivity index (χ1v) is 29.5. The van der Waals surface area contributed by atoms with Crippen molar-refractivity contribution in [3.05, 3.63) is 83.9 Å². The minimum Gasteiger partial charge on any atom is -0.504 e. The van der Waals surface area contributed by atoms with Gasteiger partial charge in [0.1, 0.15) is 66.0 Å². The van der Waals surface area contributed by atoms with Crippen LogP contribution in [0.5, 0.6) is 17.2 Å². The number of carbonyl (C=O) groups excluding carboxylic acids is 8. The van der Waals surface area contributed by atoms with Gasteiger partial charge in [0.25, 0.3) is 5.91 Å². The van der Waals surface area contributed by atoms with Crippen LogP contribution in [0.4, 0.5) is 0 Å². The lowest BCUT2D eigenvalue weighted by Crippen LogP contribution is -2.64. The van der Waals surface area contributed by atoms with E-state index < -0.39 is 198 Å². The Bertz CT molecular complexity index is 3350. The fourth-order valence-corrected chi connectivity index (χ4v) is 10.7. The van der Waals surface area contributed by atoms with Crippen LogP contribution in [-0.4, -0.2) is 220 Å². The number of aliphatic hydroxyl groups is 8. The second-order valence-corrected chi connectivity index (χ2v) is 23.0. The Kier molecular flexibility index (Phi) is 22.4. The Hall–Kier alpha value is -8.38. The molecular formula is C56H71N9O23S. The maximum Gasteiger partial charge on any atom is 0.446 e. The number of unbranched alkanes of at least 4 members (excludes halogenated alkanes) is 2. The van der Waals surface area contributed by atoms with Crippen LogP contribution >= 0.6 is 0 Å². The molecule has 15 atom stereocenters. The van der Waals surface area contributed by atoms with E-state index in [4.69, 9.17) is 15.0 Å². The number of primary amides is 1. The summed E-state index contributed by atoms with van der Waals surface area (Å²) in [5.74, 6) is -12.9. The summed E-state index contributed by atoms with van der Waals surface area (Å²) in [7, 11) is -5.35. The molecule has 0 radical (unpaired) electrons. The van der Waals surface area contributed by atoms with Crippen LogP contribution in [0.15, 0.2) is 77.3 Å². The number of nitrogens with two attached hydrogens (primary N) is 1. The summed E-state index contributed by atoms with van der Waals surface area (Å²) in [4.78, 5) is 115. The molecular weight excluding hydrogens is 1200 g/mol. The number of aliphatic hydroxyl groups excluding tert-OH is 8. The number of phenolic OH excluding ortho intramolecular Hbond substituents is 1. The molecule has 0 aliphatic carbocycles. The van der Waals surface area contributed by atoms with E-state index in [1.54, 1.807) is 24.3 Å². The summed E-state index contributed by atoms with van der Waals surface area (Å²) >= 11 is 0. The quantitative estimate of drug-likeness (QED) is 0.0334. The smallest absolute Gasteiger partial charge is 0.446 e. The molecule has 3 saturated heterocycles. The van der Waals surface area contributed by atoms with E-state index in [1.165, 1.54) is 31.2 Å². The average molecular weight is 1270 g/mol. The van der Waals surface area contributed by atoms with E-state index in [2.05, 4.69) is 32.2 Å². The van der Waals surface area contributed by atoms with Gasteiger partial charge in [-0.25, -0.2) is 0 Å². The van der Waals surface area contributed by atoms with E-state index in [9.17, 15) is 97.3 Å². The van der Waals surface area contributed by atoms with Gasteiger partial charge >= 0.3 is 10.4 Å². The molecule has 484 valence electrons. The van der Waals surface area contributed by atoms with Crippen LogP contribution in [0.1, 0.15) is 81.3 Å². The van der Waals surface area contributed by atoms with Crippen molar-refractivity contribution in [2.45, 2.75) is 145 Å². The van der Waals surface area contributed by atoms with Crippen LogP contribution in [0.2, 0.25) is 0 Å². The van der Waals surface area contributed by atoms with Gasteiger partial charge < -0.3 is 102 Å². The molecule has 4 unspecified atom stereocenters. The molecule has 7 rings (SSSR count). The summed E-state index contributed by atoms with van der Waals surface area (Å²) in [6.07, 6.45) is -17.4. The molecule has 3 aromatic carbocycles. The van der Waals surface area contributed by atoms with Gasteiger partial charge in [0.15, 0.2) is 23.5 Å². The van der Waals surface area contributed by atoms with Crippen molar-refractivity contribution in [2.75, 3.05) is 19.7 Å². The van der Waals surface area contributed by atoms with Crippen LogP contribution in [0.25, 0.3) is 22.6 Å². The summed E-state index contributed by atoms with van der Waals surface area (Å²) in [5, 5.41) is 116. The highest BCUT2D eigenvalue weighted by molar-refractivity contribution is 7.81. The number of benzene rings is 3. The van der Waals surface area contributed by atoms with E-state index in [-0.39, 0.29) is 5.56 Å². The molecule has 33 heteroatoms. The second kappa shape index (κ2) is 29.3. The monoisotopic (exact) mass is 1270 g/mol. The number of aromatic hydroxyl groups is 1. The Balaban J connectivity index is 1.23. The van der Waals surface area contributed by atoms with Crippen LogP contribution < -0.4 is 41.2 Å². The molecule has 0 bridgehead atoms. The number of nitrogens with one attached hydrogen (secondary N) is 5. The molecule has 3 fully saturated rings. The highest BCUT2D eigenvalue weighted by atomic mass is 32.3. The number of hydrogen-bond donors (Lipinski definition) is 16. The summed E-state index contributed by atoms with van der Waals surface area (Å²) in [6.45, 7) is 3.69. The highest BCUT2D eigenvalue weighted by Gasteiger charge is 2.51. The fourth-order valence-electron chi connectivity index (χ4n) is 10.4. The van der Waals surface area contributed by atoms with Crippen molar-refractivity contribution < 1.29 is 111 Å². The van der Waals surface area contributed by atoms with Crippen molar-refractivity contribution in [1.82, 2.24) is 41.5 Å². The van der Waals surface area contributed by atoms with Gasteiger partial charge in [-0.2, -0.15) is 8.42 Å². The predicted octanol–water partition coefficient (Wildman–Crippen LogP) is -3.90. The Labute approximate surface area is 507 Å². The Morgan fingerprint density at radius 2 is 1.47 bits per heavy atom. The van der Waals surface area contributed by atoms with Gasteiger partial charge in [-0.3, -0.25) is 42.9 Å². The molecule has 17 N–H and O–H groups in total. The molecule has 0 saturated carbocycles. The highest BCUT2D eigenvalue weighted by Crippen LogP contribution is 2.34. The lowest BCUT2D eigenvalue weighted by Gasteiger charge is -2.34. The van der Waals surface area contributed by atoms with Gasteiger partial charge in [-0.1, -0.05) is 62.2 Å². The van der Waals surface area contributed by atoms with Gasteiger partial charge in [0.2, 0.25) is 41.4 Å². The number of rotatable bonds is 18. The number of hydrogen-bond acceptors (Lipinski definition) is 23. The first-order chi connectivity index (χ1) is 42.0. The van der Waals surface area contributed by atoms with Gasteiger partial charge in [0.05, 0.1) is 37.4 Å². The molecule has 3 aliphatic rings. The lowest BCUT2D eigenvalue weighted by atomic mass is 9.96. The summed E-state index contributed by atoms with van der Waals surface area (Å²) in [6, 6.07) is 3.53. The maximum absolute atomic E-state index is 14.7. The molecule has 32 nitrogen and oxygen atoms in total. The lowest BCUT2D eigenvalue weighted by molar-refractivity contribution is -0.149. The second-order valence-electron chi connectivity index (χ2n) is 21.9. The van der Waals surface area contributed by atoms with Crippen LogP contribution in [0, 0.1) is 5.92 Å². The maximum atomic E-state index is 14.7. The fraction of sp³-hybridized carbons (Fsp3) is 0.482. The number of phenols is 1. The summed E-state index contributed by atoms with van der Waals surface area (Å²) in [5.41, 5.74) is 6.14. The normalized spacial score (nSPS) is 26.4. The van der Waals surface area contributed by atoms with Gasteiger partial charge in [-0.15, -0.1) is 0 Å². The van der Waals surface area contributed by atoms with Crippen molar-refractivity contribution >= 4 is 57.7 Å². The van der Waals surface area contributed by atoms with Crippen molar-refractivity contribution in [2.24, 2.45) is 11.7 Å². The zero-order valence-electron chi connectivity index (χ0n) is 48.1. The third kappa shape index (κ3) is 16.9. The van der Waals surface area contributed by atoms with Gasteiger partial charge in [-0.05, 0) is 55.3 Å². The molecule has 89 heavy (non-hydrogen) atoms.